The van der Waals surface area contributed by atoms with Gasteiger partial charge in [-0.25, -0.2) is 18.2 Å². The Morgan fingerprint density at radius 2 is 2.29 bits per heavy atom. The zero-order valence-corrected chi connectivity index (χ0v) is 10.2. The van der Waals surface area contributed by atoms with E-state index in [-0.39, 0.29) is 12.1 Å². The topological polar surface area (TPSA) is 51.3 Å². The minimum Gasteiger partial charge on any atom is -0.404 e. The summed E-state index contributed by atoms with van der Waals surface area (Å²) in [5.74, 6) is -0.512. The molecule has 0 spiro atoms. The van der Waals surface area contributed by atoms with Gasteiger partial charge in [0.15, 0.2) is 0 Å². The van der Waals surface area contributed by atoms with Crippen molar-refractivity contribution < 1.29 is 13.2 Å². The molecular weight excluding hydrogens is 299 g/mol. The fourth-order valence-corrected chi connectivity index (χ4v) is 1.34. The molecule has 1 rings (SSSR count). The van der Waals surface area contributed by atoms with Gasteiger partial charge in [0.2, 0.25) is 0 Å². The fourth-order valence-electron chi connectivity index (χ4n) is 0.997. The molecule has 0 amide bonds. The largest absolute Gasteiger partial charge is 0.404 e. The lowest BCUT2D eigenvalue weighted by molar-refractivity contribution is 0.197. The van der Waals surface area contributed by atoms with Gasteiger partial charge in [-0.05, 0) is 22.0 Å². The van der Waals surface area contributed by atoms with Crippen molar-refractivity contribution in [3.8, 4) is 0 Å². The average molecular weight is 308 g/mol. The van der Waals surface area contributed by atoms with E-state index in [2.05, 4.69) is 25.9 Å². The maximum Gasteiger partial charge on any atom is 0.266 e. The lowest BCUT2D eigenvalue weighted by atomic mass is 10.3. The maximum atomic E-state index is 12.8. The van der Waals surface area contributed by atoms with E-state index in [1.807, 2.05) is 0 Å². The summed E-state index contributed by atoms with van der Waals surface area (Å²) in [7, 11) is 0. The van der Waals surface area contributed by atoms with Crippen LogP contribution in [0.3, 0.4) is 0 Å². The minimum atomic E-state index is -2.68. The molecule has 3 nitrogen and oxygen atoms in total. The first-order valence-corrected chi connectivity index (χ1v) is 5.33. The molecule has 0 fully saturated rings. The molecule has 92 valence electrons. The Kier molecular flexibility index (Phi) is 5.14. The molecule has 2 N–H and O–H groups in total. The molecule has 0 unspecified atom stereocenters. The molecule has 1 aromatic rings. The summed E-state index contributed by atoms with van der Waals surface area (Å²) >= 11 is 3.10. The number of halogens is 4. The van der Waals surface area contributed by atoms with Gasteiger partial charge in [0.1, 0.15) is 10.4 Å². The van der Waals surface area contributed by atoms with Crippen LogP contribution in [0.25, 0.3) is 0 Å². The number of nitrogens with two attached hydrogens (primary N) is 1. The van der Waals surface area contributed by atoms with Crippen molar-refractivity contribution >= 4 is 22.1 Å². The Labute approximate surface area is 104 Å². The number of nitrogens with zero attached hydrogens (tertiary/aromatic N) is 2. The molecular formula is C10H9BrF3N3. The van der Waals surface area contributed by atoms with Crippen LogP contribution in [0, 0.1) is 5.82 Å². The zero-order valence-electron chi connectivity index (χ0n) is 8.58. The van der Waals surface area contributed by atoms with Crippen molar-refractivity contribution in [3.63, 3.8) is 0 Å². The number of pyridine rings is 1. The highest BCUT2D eigenvalue weighted by Crippen LogP contribution is 2.15. The van der Waals surface area contributed by atoms with Crippen LogP contribution in [0.15, 0.2) is 33.6 Å². The predicted octanol–water partition coefficient (Wildman–Crippen LogP) is 2.66. The van der Waals surface area contributed by atoms with E-state index in [0.29, 0.717) is 10.2 Å². The van der Waals surface area contributed by atoms with Gasteiger partial charge in [-0.3, -0.25) is 4.99 Å². The van der Waals surface area contributed by atoms with Crippen LogP contribution in [0.5, 0.6) is 0 Å². The van der Waals surface area contributed by atoms with E-state index >= 15 is 0 Å². The number of hydrogen-bond donors (Lipinski definition) is 1. The number of allylic oxidation sites excluding steroid dienone is 1. The first kappa shape index (κ1) is 13.7. The summed E-state index contributed by atoms with van der Waals surface area (Å²) < 4.78 is 37.8. The van der Waals surface area contributed by atoms with Gasteiger partial charge < -0.3 is 5.73 Å². The average Bonchev–Trinajstić information content (AvgIpc) is 2.28. The molecule has 0 saturated carbocycles. The van der Waals surface area contributed by atoms with E-state index in [0.717, 1.165) is 18.6 Å². The molecule has 0 aliphatic carbocycles. The molecule has 0 aromatic carbocycles. The van der Waals surface area contributed by atoms with Gasteiger partial charge in [-0.15, -0.1) is 0 Å². The van der Waals surface area contributed by atoms with Crippen LogP contribution < -0.4 is 5.73 Å². The summed E-state index contributed by atoms with van der Waals surface area (Å²) in [5.41, 5.74) is 5.07. The molecule has 0 atom stereocenters. The Bertz CT molecular complexity index is 446. The second-order valence-electron chi connectivity index (χ2n) is 3.04. The Morgan fingerprint density at radius 3 is 2.88 bits per heavy atom. The van der Waals surface area contributed by atoms with Crippen LogP contribution in [0.1, 0.15) is 5.56 Å². The number of aliphatic imine (C=N–C) groups is 1. The predicted molar refractivity (Wildman–Crippen MR) is 62.4 cm³/mol. The Balaban J connectivity index is 2.73. The quantitative estimate of drug-likeness (QED) is 0.687. The van der Waals surface area contributed by atoms with Gasteiger partial charge in [0, 0.05) is 18.0 Å². The van der Waals surface area contributed by atoms with Crippen LogP contribution in [-0.4, -0.2) is 17.6 Å². The smallest absolute Gasteiger partial charge is 0.266 e. The SMILES string of the molecule is NC=C(C=NCc1cc(F)cnc1Br)C(F)F. The number of alkyl halides is 2. The molecule has 0 saturated heterocycles. The summed E-state index contributed by atoms with van der Waals surface area (Å²) in [6.45, 7) is 0.0371. The lowest BCUT2D eigenvalue weighted by Crippen LogP contribution is -2.02. The summed E-state index contributed by atoms with van der Waals surface area (Å²) in [6, 6.07) is 1.22. The third kappa shape index (κ3) is 4.18. The van der Waals surface area contributed by atoms with Crippen molar-refractivity contribution in [1.29, 1.82) is 0 Å². The molecule has 17 heavy (non-hydrogen) atoms. The number of rotatable bonds is 4. The van der Waals surface area contributed by atoms with Gasteiger partial charge in [0.25, 0.3) is 6.43 Å². The standard InChI is InChI=1S/C10H9BrF3N3/c11-9-6(1-8(12)5-17-9)3-16-4-7(2-15)10(13)14/h1-2,4-5,10H,3,15H2. The van der Waals surface area contributed by atoms with Crippen LogP contribution in [-0.2, 0) is 6.54 Å². The first-order chi connectivity index (χ1) is 8.04. The minimum absolute atomic E-state index is 0.0371. The molecule has 0 aliphatic heterocycles. The number of aromatic nitrogens is 1. The Morgan fingerprint density at radius 1 is 1.59 bits per heavy atom. The Hall–Kier alpha value is -1.37. The third-order valence-electron chi connectivity index (χ3n) is 1.82. The van der Waals surface area contributed by atoms with E-state index in [4.69, 9.17) is 5.73 Å². The van der Waals surface area contributed by atoms with Crippen LogP contribution in [0.4, 0.5) is 13.2 Å². The summed E-state index contributed by atoms with van der Waals surface area (Å²) in [5, 5.41) is 0. The second kappa shape index (κ2) is 6.39. The van der Waals surface area contributed by atoms with Crippen molar-refractivity contribution in [3.05, 3.63) is 40.0 Å². The zero-order chi connectivity index (χ0) is 12.8. The monoisotopic (exact) mass is 307 g/mol. The van der Waals surface area contributed by atoms with Crippen LogP contribution in [0.2, 0.25) is 0 Å². The molecule has 1 heterocycles. The lowest BCUT2D eigenvalue weighted by Gasteiger charge is -2.01. The number of hydrogen-bond acceptors (Lipinski definition) is 3. The van der Waals surface area contributed by atoms with Gasteiger partial charge >= 0.3 is 0 Å². The maximum absolute atomic E-state index is 12.8. The molecule has 0 bridgehead atoms. The van der Waals surface area contributed by atoms with Crippen molar-refractivity contribution in [1.82, 2.24) is 4.98 Å². The highest BCUT2D eigenvalue weighted by molar-refractivity contribution is 9.10. The first-order valence-electron chi connectivity index (χ1n) is 4.54. The van der Waals surface area contributed by atoms with E-state index in [1.54, 1.807) is 0 Å². The highest BCUT2D eigenvalue weighted by Gasteiger charge is 2.07. The van der Waals surface area contributed by atoms with Crippen molar-refractivity contribution in [2.45, 2.75) is 13.0 Å². The van der Waals surface area contributed by atoms with Gasteiger partial charge in [-0.1, -0.05) is 0 Å². The van der Waals surface area contributed by atoms with E-state index in [1.165, 1.54) is 6.07 Å². The van der Waals surface area contributed by atoms with E-state index in [9.17, 15) is 13.2 Å². The summed E-state index contributed by atoms with van der Waals surface area (Å²) in [4.78, 5) is 7.46. The molecule has 1 aromatic heterocycles. The third-order valence-corrected chi connectivity index (χ3v) is 2.54. The normalized spacial score (nSPS) is 12.6. The van der Waals surface area contributed by atoms with E-state index < -0.39 is 12.2 Å². The molecule has 0 radical (unpaired) electrons. The van der Waals surface area contributed by atoms with Crippen LogP contribution >= 0.6 is 15.9 Å². The summed E-state index contributed by atoms with van der Waals surface area (Å²) in [6.07, 6.45) is 0.106. The van der Waals surface area contributed by atoms with Crippen molar-refractivity contribution in [2.24, 2.45) is 10.7 Å². The molecule has 0 aliphatic rings. The van der Waals surface area contributed by atoms with Gasteiger partial charge in [0.05, 0.1) is 18.3 Å². The molecule has 7 heteroatoms. The fraction of sp³-hybridized carbons (Fsp3) is 0.200. The van der Waals surface area contributed by atoms with Crippen molar-refractivity contribution in [2.75, 3.05) is 0 Å². The second-order valence-corrected chi connectivity index (χ2v) is 3.79. The van der Waals surface area contributed by atoms with Gasteiger partial charge in [-0.2, -0.15) is 0 Å². The highest BCUT2D eigenvalue weighted by atomic mass is 79.9.